The largest absolute Gasteiger partial charge is 0.315 e. The molecule has 0 saturated carbocycles. The molecular weight excluding hydrogens is 272 g/mol. The summed E-state index contributed by atoms with van der Waals surface area (Å²) < 4.78 is 0. The van der Waals surface area contributed by atoms with Crippen LogP contribution in [0.1, 0.15) is 38.5 Å². The predicted octanol–water partition coefficient (Wildman–Crippen LogP) is 1.69. The zero-order chi connectivity index (χ0) is 15.3. The lowest BCUT2D eigenvalue weighted by molar-refractivity contribution is 0.226. The number of nitrogens with one attached hydrogen (secondary N) is 2. The molecule has 1 fully saturated rings. The van der Waals surface area contributed by atoms with Gasteiger partial charge in [0, 0.05) is 26.2 Å². The maximum Gasteiger partial charge on any atom is 0.0163 e. The molecule has 0 aromatic rings. The summed E-state index contributed by atoms with van der Waals surface area (Å²) in [4.78, 5) is 5.17. The third kappa shape index (κ3) is 8.28. The van der Waals surface area contributed by atoms with Gasteiger partial charge in [-0.25, -0.2) is 0 Å². The molecule has 0 unspecified atom stereocenters. The van der Waals surface area contributed by atoms with Gasteiger partial charge in [0.05, 0.1) is 0 Å². The highest BCUT2D eigenvalue weighted by molar-refractivity contribution is 4.90. The van der Waals surface area contributed by atoms with Crippen molar-refractivity contribution in [1.82, 2.24) is 20.4 Å². The summed E-state index contributed by atoms with van der Waals surface area (Å²) in [6, 6.07) is 0. The Balaban J connectivity index is 1.29. The second-order valence-corrected chi connectivity index (χ2v) is 6.67. The third-order valence-electron chi connectivity index (χ3n) is 4.73. The standard InChI is InChI=1S/C18H36N4/c1-3-13-21(14-4-1)17-7-9-19-11-12-20-10-8-18-22-15-5-2-6-16-22/h1,3,19-20H,2,4-18H2. The highest BCUT2D eigenvalue weighted by Gasteiger charge is 2.08. The first-order valence-electron chi connectivity index (χ1n) is 9.46. The number of rotatable bonds is 11. The van der Waals surface area contributed by atoms with Crippen molar-refractivity contribution in [2.45, 2.75) is 38.5 Å². The van der Waals surface area contributed by atoms with Gasteiger partial charge in [0.1, 0.15) is 0 Å². The van der Waals surface area contributed by atoms with E-state index in [-0.39, 0.29) is 0 Å². The Bertz CT molecular complexity index is 287. The Morgan fingerprint density at radius 2 is 1.36 bits per heavy atom. The van der Waals surface area contributed by atoms with Crippen LogP contribution < -0.4 is 10.6 Å². The quantitative estimate of drug-likeness (QED) is 0.449. The van der Waals surface area contributed by atoms with Crippen LogP contribution in [0.5, 0.6) is 0 Å². The molecule has 0 aromatic heterocycles. The van der Waals surface area contributed by atoms with Crippen LogP contribution in [-0.2, 0) is 0 Å². The third-order valence-corrected chi connectivity index (χ3v) is 4.73. The zero-order valence-corrected chi connectivity index (χ0v) is 14.4. The summed E-state index contributed by atoms with van der Waals surface area (Å²) in [5, 5.41) is 7.10. The first-order valence-corrected chi connectivity index (χ1v) is 9.46. The van der Waals surface area contributed by atoms with Gasteiger partial charge in [-0.2, -0.15) is 0 Å². The molecule has 0 aromatic carbocycles. The van der Waals surface area contributed by atoms with Gasteiger partial charge in [-0.1, -0.05) is 18.6 Å². The Morgan fingerprint density at radius 3 is 2.00 bits per heavy atom. The molecule has 0 bridgehead atoms. The van der Waals surface area contributed by atoms with Crippen LogP contribution in [0, 0.1) is 0 Å². The van der Waals surface area contributed by atoms with Crippen LogP contribution in [0.4, 0.5) is 0 Å². The number of piperidine rings is 1. The first kappa shape index (κ1) is 17.9. The van der Waals surface area contributed by atoms with Gasteiger partial charge in [0.25, 0.3) is 0 Å². The van der Waals surface area contributed by atoms with E-state index in [0.29, 0.717) is 0 Å². The van der Waals surface area contributed by atoms with Gasteiger partial charge in [0.15, 0.2) is 0 Å². The molecule has 0 aliphatic carbocycles. The van der Waals surface area contributed by atoms with Gasteiger partial charge >= 0.3 is 0 Å². The summed E-state index contributed by atoms with van der Waals surface area (Å²) in [5.41, 5.74) is 0. The minimum Gasteiger partial charge on any atom is -0.315 e. The molecule has 4 heteroatoms. The Morgan fingerprint density at radius 1 is 0.682 bits per heavy atom. The lowest BCUT2D eigenvalue weighted by Crippen LogP contribution is -2.34. The average Bonchev–Trinajstić information content (AvgIpc) is 2.58. The van der Waals surface area contributed by atoms with Crippen molar-refractivity contribution in [3.05, 3.63) is 12.2 Å². The monoisotopic (exact) mass is 308 g/mol. The Kier molecular flexibility index (Phi) is 9.83. The normalized spacial score (nSPS) is 20.5. The average molecular weight is 309 g/mol. The van der Waals surface area contributed by atoms with Crippen molar-refractivity contribution in [3.63, 3.8) is 0 Å². The van der Waals surface area contributed by atoms with E-state index in [4.69, 9.17) is 0 Å². The molecule has 2 N–H and O–H groups in total. The van der Waals surface area contributed by atoms with Crippen molar-refractivity contribution < 1.29 is 0 Å². The molecule has 0 amide bonds. The van der Waals surface area contributed by atoms with Crippen molar-refractivity contribution in [1.29, 1.82) is 0 Å². The van der Waals surface area contributed by atoms with Crippen molar-refractivity contribution in [3.8, 4) is 0 Å². The first-order chi connectivity index (χ1) is 10.9. The molecule has 4 nitrogen and oxygen atoms in total. The minimum atomic E-state index is 1.10. The van der Waals surface area contributed by atoms with E-state index in [0.717, 1.165) is 32.7 Å². The van der Waals surface area contributed by atoms with Crippen molar-refractivity contribution in [2.24, 2.45) is 0 Å². The van der Waals surface area contributed by atoms with E-state index >= 15 is 0 Å². The number of hydrogen-bond acceptors (Lipinski definition) is 4. The lowest BCUT2D eigenvalue weighted by Gasteiger charge is -2.26. The highest BCUT2D eigenvalue weighted by atomic mass is 15.1. The van der Waals surface area contributed by atoms with Gasteiger partial charge in [-0.05, 0) is 71.4 Å². The van der Waals surface area contributed by atoms with Crippen LogP contribution in [0.25, 0.3) is 0 Å². The van der Waals surface area contributed by atoms with Crippen LogP contribution in [0.15, 0.2) is 12.2 Å². The van der Waals surface area contributed by atoms with E-state index in [1.54, 1.807) is 0 Å². The Hall–Kier alpha value is -0.420. The molecular formula is C18H36N4. The zero-order valence-electron chi connectivity index (χ0n) is 14.4. The topological polar surface area (TPSA) is 30.5 Å². The predicted molar refractivity (Wildman–Crippen MR) is 95.5 cm³/mol. The summed E-state index contributed by atoms with van der Waals surface area (Å²) in [5.74, 6) is 0. The summed E-state index contributed by atoms with van der Waals surface area (Å²) in [6.07, 6.45) is 12.6. The molecule has 2 aliphatic heterocycles. The van der Waals surface area contributed by atoms with Crippen LogP contribution >= 0.6 is 0 Å². The smallest absolute Gasteiger partial charge is 0.0163 e. The molecule has 128 valence electrons. The van der Waals surface area contributed by atoms with E-state index in [2.05, 4.69) is 32.6 Å². The van der Waals surface area contributed by atoms with Crippen molar-refractivity contribution >= 4 is 0 Å². The van der Waals surface area contributed by atoms with Crippen molar-refractivity contribution in [2.75, 3.05) is 65.4 Å². The van der Waals surface area contributed by atoms with Gasteiger partial charge in [0.2, 0.25) is 0 Å². The van der Waals surface area contributed by atoms with E-state index in [1.807, 2.05) is 0 Å². The molecule has 1 saturated heterocycles. The van der Waals surface area contributed by atoms with E-state index in [1.165, 1.54) is 71.2 Å². The second kappa shape index (κ2) is 12.1. The fraction of sp³-hybridized carbons (Fsp3) is 0.889. The van der Waals surface area contributed by atoms with E-state index in [9.17, 15) is 0 Å². The molecule has 0 radical (unpaired) electrons. The minimum absolute atomic E-state index is 1.10. The molecule has 0 spiro atoms. The molecule has 22 heavy (non-hydrogen) atoms. The summed E-state index contributed by atoms with van der Waals surface area (Å²) in [6.45, 7) is 12.1. The highest BCUT2D eigenvalue weighted by Crippen LogP contribution is 2.08. The lowest BCUT2D eigenvalue weighted by atomic mass is 10.1. The summed E-state index contributed by atoms with van der Waals surface area (Å²) in [7, 11) is 0. The second-order valence-electron chi connectivity index (χ2n) is 6.67. The molecule has 0 atom stereocenters. The van der Waals surface area contributed by atoms with Crippen LogP contribution in [-0.4, -0.2) is 75.2 Å². The maximum absolute atomic E-state index is 3.56. The van der Waals surface area contributed by atoms with Gasteiger partial charge in [-0.15, -0.1) is 0 Å². The van der Waals surface area contributed by atoms with Gasteiger partial charge in [-0.3, -0.25) is 4.90 Å². The number of hydrogen-bond donors (Lipinski definition) is 2. The fourth-order valence-electron chi connectivity index (χ4n) is 3.36. The van der Waals surface area contributed by atoms with E-state index < -0.39 is 0 Å². The number of likely N-dealkylation sites (tertiary alicyclic amines) is 1. The number of nitrogens with zero attached hydrogens (tertiary/aromatic N) is 2. The molecule has 2 rings (SSSR count). The Labute approximate surface area is 137 Å². The SMILES string of the molecule is C1=CCN(CCCNCCNCCCN2CCCCC2)CC1. The molecule has 2 heterocycles. The van der Waals surface area contributed by atoms with Crippen LogP contribution in [0.3, 0.4) is 0 Å². The molecule has 2 aliphatic rings. The maximum atomic E-state index is 3.56. The van der Waals surface area contributed by atoms with Crippen LogP contribution in [0.2, 0.25) is 0 Å². The fourth-order valence-corrected chi connectivity index (χ4v) is 3.36. The van der Waals surface area contributed by atoms with Gasteiger partial charge < -0.3 is 15.5 Å². The summed E-state index contributed by atoms with van der Waals surface area (Å²) >= 11 is 0.